The Morgan fingerprint density at radius 1 is 1.13 bits per heavy atom. The average Bonchev–Trinajstić information content (AvgIpc) is 2.26. The van der Waals surface area contributed by atoms with Crippen LogP contribution in [0.15, 0.2) is 42.1 Å². The van der Waals surface area contributed by atoms with Crippen LogP contribution < -0.4 is 5.19 Å². The van der Waals surface area contributed by atoms with Gasteiger partial charge in [0.1, 0.15) is 8.07 Å². The molecule has 1 aromatic carbocycles. The van der Waals surface area contributed by atoms with Gasteiger partial charge in [-0.2, -0.15) is 0 Å². The van der Waals surface area contributed by atoms with E-state index in [1.54, 1.807) is 0 Å². The largest absolute Gasteiger partial charge is 0.103 e. The smallest absolute Gasteiger partial charge is 0.0943 e. The molecule has 1 rings (SSSR count). The lowest BCUT2D eigenvalue weighted by Gasteiger charge is -2.18. The van der Waals surface area contributed by atoms with E-state index < -0.39 is 8.07 Å². The van der Waals surface area contributed by atoms with Crippen molar-refractivity contribution in [2.24, 2.45) is 0 Å². The Kier molecular flexibility index (Phi) is 4.83. The van der Waals surface area contributed by atoms with Crippen molar-refractivity contribution in [2.75, 3.05) is 0 Å². The second kappa shape index (κ2) is 5.91. The Morgan fingerprint density at radius 2 is 1.80 bits per heavy atom. The molecular formula is C14H22Si. The summed E-state index contributed by atoms with van der Waals surface area (Å²) in [5.74, 6) is 0. The highest BCUT2D eigenvalue weighted by molar-refractivity contribution is 6.93. The molecule has 0 heterocycles. The van der Waals surface area contributed by atoms with Gasteiger partial charge in [0.25, 0.3) is 0 Å². The van der Waals surface area contributed by atoms with Crippen LogP contribution in [-0.4, -0.2) is 8.07 Å². The van der Waals surface area contributed by atoms with Crippen LogP contribution in [0.1, 0.15) is 26.2 Å². The molecule has 82 valence electrons. The first-order chi connectivity index (χ1) is 7.17. The highest BCUT2D eigenvalue weighted by Crippen LogP contribution is 2.06. The number of rotatable bonds is 5. The summed E-state index contributed by atoms with van der Waals surface area (Å²) >= 11 is 0. The summed E-state index contributed by atoms with van der Waals surface area (Å²) < 4.78 is 0. The summed E-state index contributed by atoms with van der Waals surface area (Å²) in [6.07, 6.45) is 6.22. The molecule has 0 amide bonds. The van der Waals surface area contributed by atoms with Gasteiger partial charge in [0.05, 0.1) is 0 Å². The highest BCUT2D eigenvalue weighted by atomic mass is 28.3. The third-order valence-corrected chi connectivity index (χ3v) is 5.67. The minimum atomic E-state index is -1.31. The fourth-order valence-corrected chi connectivity index (χ4v) is 3.66. The molecule has 0 spiro atoms. The Balaban J connectivity index is 2.63. The van der Waals surface area contributed by atoms with Gasteiger partial charge < -0.3 is 0 Å². The minimum absolute atomic E-state index is 1.24. The van der Waals surface area contributed by atoms with Crippen molar-refractivity contribution in [2.45, 2.75) is 39.3 Å². The Bertz CT molecular complexity index is 298. The summed E-state index contributed by atoms with van der Waals surface area (Å²) in [4.78, 5) is 0. The van der Waals surface area contributed by atoms with Crippen molar-refractivity contribution in [1.82, 2.24) is 0 Å². The molecule has 0 aliphatic heterocycles. The topological polar surface area (TPSA) is 0 Å². The first kappa shape index (κ1) is 12.2. The summed E-state index contributed by atoms with van der Waals surface area (Å²) in [6, 6.07) is 10.9. The summed E-state index contributed by atoms with van der Waals surface area (Å²) in [5, 5.41) is 1.53. The summed E-state index contributed by atoms with van der Waals surface area (Å²) in [7, 11) is -1.31. The molecule has 0 aromatic heterocycles. The lowest BCUT2D eigenvalue weighted by atomic mass is 10.2. The maximum Gasteiger partial charge on any atom is 0.103 e. The molecular weight excluding hydrogens is 196 g/mol. The third kappa shape index (κ3) is 4.04. The molecule has 0 radical (unpaired) electrons. The molecule has 0 fully saturated rings. The van der Waals surface area contributed by atoms with Gasteiger partial charge in [0.15, 0.2) is 0 Å². The number of hydrogen-bond acceptors (Lipinski definition) is 0. The molecule has 15 heavy (non-hydrogen) atoms. The monoisotopic (exact) mass is 218 g/mol. The number of allylic oxidation sites excluding steroid dienone is 1. The zero-order valence-electron chi connectivity index (χ0n) is 10.2. The van der Waals surface area contributed by atoms with E-state index in [0.717, 1.165) is 0 Å². The summed E-state index contributed by atoms with van der Waals surface area (Å²) in [5.41, 5.74) is 2.47. The SMILES string of the molecule is CCCCC=C[Si](C)(C)c1ccccc1. The van der Waals surface area contributed by atoms with E-state index in [9.17, 15) is 0 Å². The first-order valence-electron chi connectivity index (χ1n) is 5.90. The van der Waals surface area contributed by atoms with Crippen LogP contribution in [-0.2, 0) is 0 Å². The van der Waals surface area contributed by atoms with E-state index in [0.29, 0.717) is 0 Å². The molecule has 0 atom stereocenters. The molecule has 0 nitrogen and oxygen atoms in total. The van der Waals surface area contributed by atoms with Crippen molar-refractivity contribution in [3.63, 3.8) is 0 Å². The van der Waals surface area contributed by atoms with Crippen LogP contribution in [0.3, 0.4) is 0 Å². The van der Waals surface area contributed by atoms with Gasteiger partial charge in [-0.05, 0) is 6.42 Å². The van der Waals surface area contributed by atoms with Gasteiger partial charge in [-0.25, -0.2) is 0 Å². The van der Waals surface area contributed by atoms with Crippen LogP contribution in [0, 0.1) is 0 Å². The molecule has 1 aromatic rings. The standard InChI is InChI=1S/C14H22Si/c1-4-5-6-10-13-15(2,3)14-11-8-7-9-12-14/h7-13H,4-6H2,1-3H3. The minimum Gasteiger partial charge on any atom is -0.0943 e. The van der Waals surface area contributed by atoms with E-state index in [-0.39, 0.29) is 0 Å². The first-order valence-corrected chi connectivity index (χ1v) is 8.98. The van der Waals surface area contributed by atoms with E-state index >= 15 is 0 Å². The second-order valence-electron chi connectivity index (χ2n) is 4.63. The Morgan fingerprint density at radius 3 is 2.40 bits per heavy atom. The van der Waals surface area contributed by atoms with Crippen LogP contribution in [0.4, 0.5) is 0 Å². The summed E-state index contributed by atoms with van der Waals surface area (Å²) in [6.45, 7) is 7.06. The fraction of sp³-hybridized carbons (Fsp3) is 0.429. The van der Waals surface area contributed by atoms with Crippen LogP contribution in [0.5, 0.6) is 0 Å². The quantitative estimate of drug-likeness (QED) is 0.519. The molecule has 0 bridgehead atoms. The number of hydrogen-bond donors (Lipinski definition) is 0. The van der Waals surface area contributed by atoms with Gasteiger partial charge in [-0.3, -0.25) is 0 Å². The van der Waals surface area contributed by atoms with E-state index in [2.05, 4.69) is 62.1 Å². The molecule has 0 aliphatic rings. The van der Waals surface area contributed by atoms with Gasteiger partial charge in [-0.15, -0.1) is 0 Å². The molecule has 0 N–H and O–H groups in total. The number of benzene rings is 1. The zero-order valence-corrected chi connectivity index (χ0v) is 11.2. The molecule has 0 saturated carbocycles. The van der Waals surface area contributed by atoms with Crippen molar-refractivity contribution < 1.29 is 0 Å². The number of unbranched alkanes of at least 4 members (excludes halogenated alkanes) is 2. The van der Waals surface area contributed by atoms with Crippen molar-refractivity contribution in [3.8, 4) is 0 Å². The molecule has 0 unspecified atom stereocenters. The van der Waals surface area contributed by atoms with Gasteiger partial charge in [-0.1, -0.05) is 80.2 Å². The van der Waals surface area contributed by atoms with Crippen LogP contribution in [0.25, 0.3) is 0 Å². The van der Waals surface area contributed by atoms with Gasteiger partial charge in [0, 0.05) is 0 Å². The van der Waals surface area contributed by atoms with Crippen molar-refractivity contribution in [3.05, 3.63) is 42.1 Å². The zero-order chi connectivity index (χ0) is 11.1. The van der Waals surface area contributed by atoms with Crippen LogP contribution in [0.2, 0.25) is 13.1 Å². The average molecular weight is 218 g/mol. The fourth-order valence-electron chi connectivity index (χ4n) is 1.66. The predicted molar refractivity (Wildman–Crippen MR) is 72.2 cm³/mol. The molecule has 0 aliphatic carbocycles. The van der Waals surface area contributed by atoms with Crippen molar-refractivity contribution >= 4 is 13.3 Å². The van der Waals surface area contributed by atoms with Crippen molar-refractivity contribution in [1.29, 1.82) is 0 Å². The Hall–Kier alpha value is -0.823. The van der Waals surface area contributed by atoms with E-state index in [1.165, 1.54) is 24.4 Å². The highest BCUT2D eigenvalue weighted by Gasteiger charge is 2.18. The van der Waals surface area contributed by atoms with E-state index in [4.69, 9.17) is 0 Å². The maximum absolute atomic E-state index is 2.47. The molecule has 0 saturated heterocycles. The predicted octanol–water partition coefficient (Wildman–Crippen LogP) is 3.89. The maximum atomic E-state index is 2.47. The lowest BCUT2D eigenvalue weighted by Crippen LogP contribution is -2.39. The Labute approximate surface area is 95.0 Å². The van der Waals surface area contributed by atoms with Crippen LogP contribution >= 0.6 is 0 Å². The van der Waals surface area contributed by atoms with Gasteiger partial charge >= 0.3 is 0 Å². The lowest BCUT2D eigenvalue weighted by molar-refractivity contribution is 0.815. The van der Waals surface area contributed by atoms with Gasteiger partial charge in [0.2, 0.25) is 0 Å². The normalized spacial score (nSPS) is 12.2. The van der Waals surface area contributed by atoms with E-state index in [1.807, 2.05) is 0 Å². The molecule has 1 heteroatoms. The third-order valence-electron chi connectivity index (χ3n) is 2.78. The second-order valence-corrected chi connectivity index (χ2v) is 8.99.